The van der Waals surface area contributed by atoms with Gasteiger partial charge in [0.2, 0.25) is 0 Å². The minimum absolute atomic E-state index is 0.604. The summed E-state index contributed by atoms with van der Waals surface area (Å²) in [4.78, 5) is 8.86. The topological polar surface area (TPSA) is 69.5 Å². The molecule has 3 heterocycles. The van der Waals surface area contributed by atoms with E-state index in [2.05, 4.69) is 20.6 Å². The van der Waals surface area contributed by atoms with Crippen LogP contribution in [0, 0.1) is 0 Å². The Bertz CT molecular complexity index is 532. The number of aliphatic imine (C=N–C) groups is 1. The van der Waals surface area contributed by atoms with Gasteiger partial charge in [0.1, 0.15) is 11.7 Å². The first-order valence-corrected chi connectivity index (χ1v) is 7.11. The Morgan fingerprint density at radius 3 is 2.90 bits per heavy atom. The zero-order valence-electron chi connectivity index (χ0n) is 11.5. The Labute approximate surface area is 118 Å². The number of nitrogens with one attached hydrogen (secondary N) is 2. The summed E-state index contributed by atoms with van der Waals surface area (Å²) in [6.45, 7) is 2.47. The van der Waals surface area contributed by atoms with Gasteiger partial charge in [0.15, 0.2) is 0 Å². The first-order chi connectivity index (χ1) is 9.73. The number of aliphatic hydroxyl groups is 1. The number of pyridine rings is 1. The molecule has 0 saturated carbocycles. The molecule has 0 atom stereocenters. The maximum atomic E-state index is 10.6. The molecule has 0 amide bonds. The van der Waals surface area contributed by atoms with Crippen molar-refractivity contribution in [3.63, 3.8) is 0 Å². The second-order valence-corrected chi connectivity index (χ2v) is 5.42. The van der Waals surface area contributed by atoms with Gasteiger partial charge in [0, 0.05) is 12.1 Å². The number of nitrogens with zero attached hydrogens (tertiary/aromatic N) is 2. The van der Waals surface area contributed by atoms with E-state index >= 15 is 0 Å². The van der Waals surface area contributed by atoms with Gasteiger partial charge in [-0.3, -0.25) is 4.99 Å². The van der Waals surface area contributed by atoms with Crippen molar-refractivity contribution in [2.45, 2.75) is 24.9 Å². The molecule has 0 aliphatic carbocycles. The summed E-state index contributed by atoms with van der Waals surface area (Å²) in [7, 11) is 0. The zero-order chi connectivity index (χ0) is 13.8. The second kappa shape index (κ2) is 5.73. The predicted molar refractivity (Wildman–Crippen MR) is 80.1 cm³/mol. The van der Waals surface area contributed by atoms with E-state index in [-0.39, 0.29) is 0 Å². The predicted octanol–water partition coefficient (Wildman–Crippen LogP) is 1.12. The van der Waals surface area contributed by atoms with Gasteiger partial charge in [0.25, 0.3) is 0 Å². The molecule has 5 nitrogen and oxygen atoms in total. The lowest BCUT2D eigenvalue weighted by Gasteiger charge is -2.32. The fourth-order valence-electron chi connectivity index (χ4n) is 2.63. The van der Waals surface area contributed by atoms with Crippen LogP contribution in [0.1, 0.15) is 18.5 Å². The molecule has 1 aromatic rings. The normalized spacial score (nSPS) is 20.8. The number of hydrogen-bond acceptors (Lipinski definition) is 5. The van der Waals surface area contributed by atoms with Crippen molar-refractivity contribution in [2.24, 2.45) is 4.99 Å². The van der Waals surface area contributed by atoms with Crippen molar-refractivity contribution in [3.05, 3.63) is 36.0 Å². The number of aromatic nitrogens is 1. The Balaban J connectivity index is 1.69. The van der Waals surface area contributed by atoms with Crippen LogP contribution in [0.4, 0.5) is 5.82 Å². The van der Waals surface area contributed by atoms with Crippen molar-refractivity contribution in [3.8, 4) is 0 Å². The Hall–Kier alpha value is -1.72. The summed E-state index contributed by atoms with van der Waals surface area (Å²) in [5, 5.41) is 17.0. The van der Waals surface area contributed by atoms with E-state index in [1.165, 1.54) is 0 Å². The van der Waals surface area contributed by atoms with Crippen molar-refractivity contribution in [1.82, 2.24) is 10.3 Å². The van der Waals surface area contributed by atoms with Gasteiger partial charge in [-0.15, -0.1) is 0 Å². The molecule has 2 aliphatic heterocycles. The van der Waals surface area contributed by atoms with Gasteiger partial charge < -0.3 is 15.7 Å². The molecule has 1 aromatic heterocycles. The number of anilines is 1. The van der Waals surface area contributed by atoms with E-state index in [0.717, 1.165) is 49.8 Å². The zero-order valence-corrected chi connectivity index (χ0v) is 11.5. The molecule has 2 aliphatic rings. The van der Waals surface area contributed by atoms with Crippen molar-refractivity contribution in [2.75, 3.05) is 25.0 Å². The van der Waals surface area contributed by atoms with E-state index < -0.39 is 5.60 Å². The van der Waals surface area contributed by atoms with Gasteiger partial charge in [-0.05, 0) is 44.1 Å². The number of amidine groups is 1. The van der Waals surface area contributed by atoms with Crippen LogP contribution in [-0.4, -0.2) is 41.2 Å². The highest BCUT2D eigenvalue weighted by atomic mass is 16.3. The average Bonchev–Trinajstić information content (AvgIpc) is 2.92. The second-order valence-electron chi connectivity index (χ2n) is 5.42. The summed E-state index contributed by atoms with van der Waals surface area (Å²) in [5.41, 5.74) is 0.295. The summed E-state index contributed by atoms with van der Waals surface area (Å²) in [6.07, 6.45) is 6.12. The molecule has 5 heteroatoms. The standard InChI is InChI=1S/C15H20N4O/c20-15(6-9-16-10-7-15)11-12-3-1-4-14(18-12)19-13-5-2-8-17-13/h1-5,16,20H,6-11H2,(H,17,18,19). The van der Waals surface area contributed by atoms with Gasteiger partial charge >= 0.3 is 0 Å². The quantitative estimate of drug-likeness (QED) is 0.771. The summed E-state index contributed by atoms with van der Waals surface area (Å²) < 4.78 is 0. The molecule has 1 saturated heterocycles. The van der Waals surface area contributed by atoms with E-state index in [9.17, 15) is 5.11 Å². The maximum absolute atomic E-state index is 10.6. The summed E-state index contributed by atoms with van der Waals surface area (Å²) >= 11 is 0. The van der Waals surface area contributed by atoms with Gasteiger partial charge in [0.05, 0.1) is 12.1 Å². The molecular weight excluding hydrogens is 252 g/mol. The smallest absolute Gasteiger partial charge is 0.131 e. The van der Waals surface area contributed by atoms with Crippen LogP contribution < -0.4 is 10.6 Å². The van der Waals surface area contributed by atoms with Crippen LogP contribution in [0.2, 0.25) is 0 Å². The largest absolute Gasteiger partial charge is 0.389 e. The molecule has 106 valence electrons. The molecule has 0 spiro atoms. The maximum Gasteiger partial charge on any atom is 0.131 e. The Morgan fingerprint density at radius 2 is 2.15 bits per heavy atom. The summed E-state index contributed by atoms with van der Waals surface area (Å²) in [5.74, 6) is 1.63. The van der Waals surface area contributed by atoms with E-state index in [4.69, 9.17) is 0 Å². The first-order valence-electron chi connectivity index (χ1n) is 7.11. The Morgan fingerprint density at radius 1 is 1.30 bits per heavy atom. The number of piperidine rings is 1. The van der Waals surface area contributed by atoms with Crippen LogP contribution in [0.5, 0.6) is 0 Å². The minimum Gasteiger partial charge on any atom is -0.389 e. The van der Waals surface area contributed by atoms with Crippen LogP contribution >= 0.6 is 0 Å². The van der Waals surface area contributed by atoms with Crippen LogP contribution in [-0.2, 0) is 6.42 Å². The molecule has 1 fully saturated rings. The van der Waals surface area contributed by atoms with E-state index in [1.807, 2.05) is 30.4 Å². The van der Waals surface area contributed by atoms with Crippen LogP contribution in [0.15, 0.2) is 35.3 Å². The van der Waals surface area contributed by atoms with Gasteiger partial charge in [-0.1, -0.05) is 12.1 Å². The Kier molecular flexibility index (Phi) is 3.80. The number of hydrogen-bond donors (Lipinski definition) is 3. The molecule has 3 N–H and O–H groups in total. The van der Waals surface area contributed by atoms with Crippen molar-refractivity contribution in [1.29, 1.82) is 0 Å². The van der Waals surface area contributed by atoms with Crippen LogP contribution in [0.25, 0.3) is 0 Å². The molecule has 0 aromatic carbocycles. The monoisotopic (exact) mass is 272 g/mol. The van der Waals surface area contributed by atoms with Gasteiger partial charge in [-0.2, -0.15) is 0 Å². The third kappa shape index (κ3) is 3.23. The molecular formula is C15H20N4O. The van der Waals surface area contributed by atoms with Crippen molar-refractivity contribution >= 4 is 11.7 Å². The average molecular weight is 272 g/mol. The molecule has 3 rings (SSSR count). The highest BCUT2D eigenvalue weighted by molar-refractivity contribution is 6.04. The molecule has 0 radical (unpaired) electrons. The highest BCUT2D eigenvalue weighted by Crippen LogP contribution is 2.23. The lowest BCUT2D eigenvalue weighted by molar-refractivity contribution is 0.0101. The molecule has 20 heavy (non-hydrogen) atoms. The summed E-state index contributed by atoms with van der Waals surface area (Å²) in [6, 6.07) is 5.86. The highest BCUT2D eigenvalue weighted by Gasteiger charge is 2.29. The van der Waals surface area contributed by atoms with Crippen molar-refractivity contribution < 1.29 is 5.11 Å². The SMILES string of the molecule is OC1(Cc2cccc(NC3=NCC=C3)n2)CCNCC1. The van der Waals surface area contributed by atoms with E-state index in [1.54, 1.807) is 0 Å². The third-order valence-electron chi connectivity index (χ3n) is 3.75. The van der Waals surface area contributed by atoms with Crippen LogP contribution in [0.3, 0.4) is 0 Å². The minimum atomic E-state index is -0.623. The molecule has 0 unspecified atom stereocenters. The lowest BCUT2D eigenvalue weighted by atomic mass is 9.88. The number of rotatable bonds is 3. The third-order valence-corrected chi connectivity index (χ3v) is 3.75. The fraction of sp³-hybridized carbons (Fsp3) is 0.467. The lowest BCUT2D eigenvalue weighted by Crippen LogP contribution is -2.43. The first kappa shape index (κ1) is 13.3. The van der Waals surface area contributed by atoms with E-state index in [0.29, 0.717) is 6.42 Å². The molecule has 0 bridgehead atoms. The van der Waals surface area contributed by atoms with Gasteiger partial charge in [-0.25, -0.2) is 4.98 Å². The fourth-order valence-corrected chi connectivity index (χ4v) is 2.63.